The summed E-state index contributed by atoms with van der Waals surface area (Å²) in [5, 5.41) is 23.7. The molecule has 46 heavy (non-hydrogen) atoms. The first-order chi connectivity index (χ1) is 21.4. The van der Waals surface area contributed by atoms with Crippen LogP contribution in [0.25, 0.3) is 0 Å². The Balaban J connectivity index is 1.48. The molecule has 8 nitrogen and oxygen atoms in total. The first kappa shape index (κ1) is 31.6. The number of phenolic OH excluding ortho intramolecular Hbond substituents is 1. The number of aliphatic hydroxyl groups is 1. The van der Waals surface area contributed by atoms with Crippen molar-refractivity contribution in [1.82, 2.24) is 0 Å². The molecule has 0 spiro atoms. The van der Waals surface area contributed by atoms with Crippen LogP contribution in [0.15, 0.2) is 18.2 Å². The van der Waals surface area contributed by atoms with Crippen LogP contribution in [0.1, 0.15) is 108 Å². The van der Waals surface area contributed by atoms with E-state index < -0.39 is 86.3 Å². The lowest BCUT2D eigenvalue weighted by molar-refractivity contribution is -0.226. The van der Waals surface area contributed by atoms with Crippen molar-refractivity contribution in [2.24, 2.45) is 63.6 Å². The minimum absolute atomic E-state index is 0.0212. The standard InChI is InChI=1S/C38H46O8/c1-17(2)29-31(42)27(19(4)39)33(44)38(46)34(45)30-32(43)28-23(8-7-9-24(28)40)18(3)35(30,5)25(36(29,38)6)13-26(41)37-14-20-10-21(15-37)12-22(11-20)16-37/h7-9,17-18,20-22,25,27,29-30,40,46H,10-16H2,1-6H3/t18-,20?,21?,22?,25-,27?,29?,30?,35-,36-,37?,38+/m1/s1. The van der Waals surface area contributed by atoms with Gasteiger partial charge in [-0.2, -0.15) is 0 Å². The predicted octanol–water partition coefficient (Wildman–Crippen LogP) is 5.06. The number of carbonyl (C=O) groups is 6. The molecule has 0 aliphatic heterocycles. The van der Waals surface area contributed by atoms with E-state index in [1.54, 1.807) is 39.8 Å². The minimum atomic E-state index is -2.86. The number of rotatable bonds is 5. The summed E-state index contributed by atoms with van der Waals surface area (Å²) in [7, 11) is 0. The first-order valence-corrected chi connectivity index (χ1v) is 17.2. The van der Waals surface area contributed by atoms with Crippen LogP contribution in [0.2, 0.25) is 0 Å². The number of hydrogen-bond acceptors (Lipinski definition) is 8. The molecule has 8 heteroatoms. The summed E-state index contributed by atoms with van der Waals surface area (Å²) in [6.45, 7) is 9.93. The molecule has 0 saturated heterocycles. The van der Waals surface area contributed by atoms with Gasteiger partial charge < -0.3 is 10.2 Å². The van der Waals surface area contributed by atoms with Crippen LogP contribution in [0, 0.1) is 63.6 Å². The molecule has 2 N–H and O–H groups in total. The predicted molar refractivity (Wildman–Crippen MR) is 167 cm³/mol. The van der Waals surface area contributed by atoms with Gasteiger partial charge in [0.25, 0.3) is 0 Å². The van der Waals surface area contributed by atoms with Crippen molar-refractivity contribution in [3.63, 3.8) is 0 Å². The van der Waals surface area contributed by atoms with Gasteiger partial charge in [-0.05, 0) is 98.0 Å². The fraction of sp³-hybridized carbons (Fsp3) is 0.684. The number of carbonyl (C=O) groups excluding carboxylic acids is 6. The lowest BCUT2D eigenvalue weighted by atomic mass is 9.33. The van der Waals surface area contributed by atoms with Gasteiger partial charge in [0.2, 0.25) is 0 Å². The number of Topliss-reactive ketones (excluding diaryl/α,β-unsaturated/α-hetero) is 6. The number of phenols is 1. The molecule has 4 bridgehead atoms. The molecule has 0 radical (unpaired) electrons. The van der Waals surface area contributed by atoms with Gasteiger partial charge in [-0.3, -0.25) is 28.8 Å². The van der Waals surface area contributed by atoms with E-state index in [4.69, 9.17) is 0 Å². The van der Waals surface area contributed by atoms with Crippen molar-refractivity contribution in [3.05, 3.63) is 29.3 Å². The van der Waals surface area contributed by atoms with Gasteiger partial charge in [0.05, 0.1) is 11.5 Å². The van der Waals surface area contributed by atoms with Crippen LogP contribution in [0.3, 0.4) is 0 Å². The van der Waals surface area contributed by atoms with E-state index >= 15 is 0 Å². The number of hydrogen-bond donors (Lipinski definition) is 2. The molecular formula is C38H46O8. The summed E-state index contributed by atoms with van der Waals surface area (Å²) in [5.74, 6) is -9.59. The van der Waals surface area contributed by atoms with Crippen LogP contribution < -0.4 is 0 Å². The molecule has 0 heterocycles. The smallest absolute Gasteiger partial charge is 0.190 e. The van der Waals surface area contributed by atoms with E-state index in [1.165, 1.54) is 6.07 Å². The quantitative estimate of drug-likeness (QED) is 0.430. The van der Waals surface area contributed by atoms with Crippen molar-refractivity contribution in [1.29, 1.82) is 0 Å². The Kier molecular flexibility index (Phi) is 6.71. The van der Waals surface area contributed by atoms with Crippen molar-refractivity contribution in [3.8, 4) is 5.75 Å². The second kappa shape index (κ2) is 9.77. The van der Waals surface area contributed by atoms with Crippen LogP contribution in [-0.2, 0) is 24.0 Å². The highest BCUT2D eigenvalue weighted by Gasteiger charge is 2.80. The number of aromatic hydroxyl groups is 1. The van der Waals surface area contributed by atoms with E-state index in [1.807, 2.05) is 6.92 Å². The Morgan fingerprint density at radius 3 is 2.02 bits per heavy atom. The topological polar surface area (TPSA) is 143 Å². The Morgan fingerprint density at radius 2 is 1.50 bits per heavy atom. The van der Waals surface area contributed by atoms with Crippen molar-refractivity contribution in [2.45, 2.75) is 98.0 Å². The zero-order valence-corrected chi connectivity index (χ0v) is 27.7. The molecule has 8 rings (SSSR count). The molecule has 8 atom stereocenters. The molecular weight excluding hydrogens is 584 g/mol. The minimum Gasteiger partial charge on any atom is -0.507 e. The molecule has 1 aromatic rings. The van der Waals surface area contributed by atoms with Gasteiger partial charge >= 0.3 is 0 Å². The zero-order chi connectivity index (χ0) is 33.5. The molecule has 3 unspecified atom stereocenters. The van der Waals surface area contributed by atoms with E-state index in [0.29, 0.717) is 23.3 Å². The molecule has 0 amide bonds. The second-order valence-electron chi connectivity index (χ2n) is 16.9. The highest BCUT2D eigenvalue weighted by molar-refractivity contribution is 6.32. The number of benzene rings is 1. The third kappa shape index (κ3) is 3.60. The highest BCUT2D eigenvalue weighted by Crippen LogP contribution is 2.71. The van der Waals surface area contributed by atoms with Gasteiger partial charge in [0.15, 0.2) is 28.7 Å². The van der Waals surface area contributed by atoms with E-state index in [0.717, 1.165) is 45.4 Å². The van der Waals surface area contributed by atoms with Crippen molar-refractivity contribution < 1.29 is 39.0 Å². The maximum Gasteiger partial charge on any atom is 0.190 e. The summed E-state index contributed by atoms with van der Waals surface area (Å²) in [6, 6.07) is 4.76. The van der Waals surface area contributed by atoms with Gasteiger partial charge in [-0.15, -0.1) is 0 Å². The Labute approximate surface area is 270 Å². The van der Waals surface area contributed by atoms with Crippen LogP contribution in [0.4, 0.5) is 0 Å². The highest BCUT2D eigenvalue weighted by atomic mass is 16.3. The van der Waals surface area contributed by atoms with Crippen LogP contribution in [0.5, 0.6) is 5.75 Å². The SMILES string of the molecule is CC(=O)C1C(=O)C(C(C)C)[C@@]2(C)[C@H](CC(=O)C34CC5CC(CC(C5)C3)C4)[C@]3(C)C(C(=O)c4c(O)cccc4[C@H]3C)C(=O)[C@@]2(O)C1=O. The molecule has 6 fully saturated rings. The van der Waals surface area contributed by atoms with Gasteiger partial charge in [-0.1, -0.05) is 46.8 Å². The molecule has 7 aliphatic carbocycles. The van der Waals surface area contributed by atoms with Gasteiger partial charge in [-0.25, -0.2) is 0 Å². The molecule has 6 saturated carbocycles. The first-order valence-electron chi connectivity index (χ1n) is 17.2. The zero-order valence-electron chi connectivity index (χ0n) is 27.7. The summed E-state index contributed by atoms with van der Waals surface area (Å²) < 4.78 is 0. The van der Waals surface area contributed by atoms with Gasteiger partial charge in [0.1, 0.15) is 23.2 Å². The Bertz CT molecular complexity index is 1580. The summed E-state index contributed by atoms with van der Waals surface area (Å²) in [4.78, 5) is 85.9. The van der Waals surface area contributed by atoms with E-state index in [-0.39, 0.29) is 23.5 Å². The lowest BCUT2D eigenvalue weighted by Crippen LogP contribution is -2.80. The normalized spacial score (nSPS) is 45.8. The maximum absolute atomic E-state index is 15.0. The second-order valence-corrected chi connectivity index (χ2v) is 16.9. The number of fused-ring (bicyclic) bond motifs is 3. The lowest BCUT2D eigenvalue weighted by Gasteiger charge is -2.67. The Hall–Kier alpha value is -3.00. The van der Waals surface area contributed by atoms with Crippen LogP contribution in [-0.4, -0.2) is 50.5 Å². The third-order valence-corrected chi connectivity index (χ3v) is 14.4. The van der Waals surface area contributed by atoms with Crippen molar-refractivity contribution >= 4 is 34.7 Å². The average Bonchev–Trinajstić information content (AvgIpc) is 2.95. The third-order valence-electron chi connectivity index (χ3n) is 14.4. The average molecular weight is 631 g/mol. The molecule has 246 valence electrons. The van der Waals surface area contributed by atoms with E-state index in [9.17, 15) is 39.0 Å². The van der Waals surface area contributed by atoms with Crippen LogP contribution >= 0.6 is 0 Å². The molecule has 1 aromatic carbocycles. The Morgan fingerprint density at radius 1 is 0.935 bits per heavy atom. The maximum atomic E-state index is 15.0. The van der Waals surface area contributed by atoms with E-state index in [2.05, 4.69) is 0 Å². The van der Waals surface area contributed by atoms with Crippen molar-refractivity contribution in [2.75, 3.05) is 0 Å². The fourth-order valence-corrected chi connectivity index (χ4v) is 12.8. The summed E-state index contributed by atoms with van der Waals surface area (Å²) in [6.07, 6.45) is 5.72. The molecule has 0 aromatic heterocycles. The summed E-state index contributed by atoms with van der Waals surface area (Å²) in [5.41, 5.74) is -5.94. The largest absolute Gasteiger partial charge is 0.507 e. The molecule has 7 aliphatic rings. The number of ketones is 6. The summed E-state index contributed by atoms with van der Waals surface area (Å²) >= 11 is 0. The monoisotopic (exact) mass is 630 g/mol. The van der Waals surface area contributed by atoms with Gasteiger partial charge in [0, 0.05) is 23.2 Å². The fourth-order valence-electron chi connectivity index (χ4n) is 12.8.